The second-order valence-electron chi connectivity index (χ2n) is 6.73. The van der Waals surface area contributed by atoms with E-state index in [2.05, 4.69) is 22.2 Å². The van der Waals surface area contributed by atoms with Crippen molar-refractivity contribution in [1.82, 2.24) is 5.32 Å². The molecule has 0 spiro atoms. The van der Waals surface area contributed by atoms with Crippen LogP contribution in [0.3, 0.4) is 0 Å². The highest BCUT2D eigenvalue weighted by molar-refractivity contribution is 5.94. The summed E-state index contributed by atoms with van der Waals surface area (Å²) in [7, 11) is 1.73. The molecule has 1 N–H and O–H groups in total. The first-order valence-electron chi connectivity index (χ1n) is 9.12. The monoisotopic (exact) mass is 393 g/mol. The molecule has 0 saturated heterocycles. The lowest BCUT2D eigenvalue weighted by Gasteiger charge is -2.25. The summed E-state index contributed by atoms with van der Waals surface area (Å²) in [6.45, 7) is 0.438. The van der Waals surface area contributed by atoms with Gasteiger partial charge in [0, 0.05) is 19.2 Å². The van der Waals surface area contributed by atoms with Gasteiger partial charge >= 0.3 is 6.36 Å². The average molecular weight is 393 g/mol. The van der Waals surface area contributed by atoms with Gasteiger partial charge in [-0.25, -0.2) is 0 Å². The van der Waals surface area contributed by atoms with Gasteiger partial charge in [-0.1, -0.05) is 18.2 Å². The van der Waals surface area contributed by atoms with Gasteiger partial charge in [-0.3, -0.25) is 4.79 Å². The molecule has 150 valence electrons. The largest absolute Gasteiger partial charge is 0.573 e. The van der Waals surface area contributed by atoms with Crippen molar-refractivity contribution >= 4 is 5.91 Å². The minimum atomic E-state index is -4.75. The maximum atomic E-state index is 12.2. The molecule has 1 aliphatic carbocycles. The smallest absolute Gasteiger partial charge is 0.406 e. The number of aryl methyl sites for hydroxylation is 1. The number of carbonyl (C=O) groups is 1. The third kappa shape index (κ3) is 5.25. The molecule has 1 amide bonds. The topological polar surface area (TPSA) is 47.6 Å². The predicted octanol–water partition coefficient (Wildman–Crippen LogP) is 4.06. The standard InChI is InChI=1S/C21H22F3NO3/c1-27-18-10-5-14-3-2-4-15(19(14)13-18)11-12-25-20(26)16-6-8-17(9-7-16)28-21(22,23)24/h2-4,6-9,18H,5,10-13H2,1H3,(H,25,26). The van der Waals surface area contributed by atoms with Crippen molar-refractivity contribution in [1.29, 1.82) is 0 Å². The maximum Gasteiger partial charge on any atom is 0.573 e. The third-order valence-corrected chi connectivity index (χ3v) is 4.90. The molecule has 28 heavy (non-hydrogen) atoms. The van der Waals surface area contributed by atoms with Crippen LogP contribution in [0.25, 0.3) is 0 Å². The van der Waals surface area contributed by atoms with Gasteiger partial charge in [-0.2, -0.15) is 0 Å². The van der Waals surface area contributed by atoms with Gasteiger partial charge in [-0.05, 0) is 66.6 Å². The Bertz CT molecular complexity index is 819. The van der Waals surface area contributed by atoms with Gasteiger partial charge in [0.25, 0.3) is 5.91 Å². The molecule has 7 heteroatoms. The second-order valence-corrected chi connectivity index (χ2v) is 6.73. The summed E-state index contributed by atoms with van der Waals surface area (Å²) in [5.41, 5.74) is 4.10. The lowest BCUT2D eigenvalue weighted by atomic mass is 9.85. The van der Waals surface area contributed by atoms with E-state index in [-0.39, 0.29) is 23.3 Å². The predicted molar refractivity (Wildman–Crippen MR) is 98.4 cm³/mol. The van der Waals surface area contributed by atoms with Gasteiger partial charge in [-0.15, -0.1) is 13.2 Å². The number of methoxy groups -OCH3 is 1. The zero-order chi connectivity index (χ0) is 20.1. The molecule has 0 fully saturated rings. The molecule has 2 aromatic carbocycles. The van der Waals surface area contributed by atoms with Crippen molar-refractivity contribution in [2.75, 3.05) is 13.7 Å². The van der Waals surface area contributed by atoms with Crippen LogP contribution >= 0.6 is 0 Å². The van der Waals surface area contributed by atoms with Crippen LogP contribution in [-0.4, -0.2) is 32.0 Å². The SMILES string of the molecule is COC1CCc2cccc(CCNC(=O)c3ccc(OC(F)(F)F)cc3)c2C1. The minimum absolute atomic E-state index is 0.223. The number of hydrogen-bond donors (Lipinski definition) is 1. The quantitative estimate of drug-likeness (QED) is 0.805. The Kier molecular flexibility index (Phi) is 6.24. The summed E-state index contributed by atoms with van der Waals surface area (Å²) >= 11 is 0. The van der Waals surface area contributed by atoms with Gasteiger partial charge in [0.05, 0.1) is 6.10 Å². The molecular formula is C21H22F3NO3. The van der Waals surface area contributed by atoms with Gasteiger partial charge in [0.1, 0.15) is 5.75 Å². The molecule has 1 atom stereocenters. The highest BCUT2D eigenvalue weighted by Gasteiger charge is 2.31. The molecule has 3 rings (SSSR count). The summed E-state index contributed by atoms with van der Waals surface area (Å²) in [5, 5.41) is 2.81. The van der Waals surface area contributed by atoms with E-state index in [4.69, 9.17) is 4.74 Å². The van der Waals surface area contributed by atoms with E-state index in [0.29, 0.717) is 13.0 Å². The molecule has 4 nitrogen and oxygen atoms in total. The summed E-state index contributed by atoms with van der Waals surface area (Å²) in [6, 6.07) is 11.1. The van der Waals surface area contributed by atoms with Gasteiger partial charge in [0.15, 0.2) is 0 Å². The average Bonchev–Trinajstić information content (AvgIpc) is 2.67. The van der Waals surface area contributed by atoms with Crippen LogP contribution in [0.4, 0.5) is 13.2 Å². The molecule has 2 aromatic rings. The molecule has 0 aliphatic heterocycles. The number of nitrogens with one attached hydrogen (secondary N) is 1. The number of alkyl halides is 3. The molecule has 0 aromatic heterocycles. The fourth-order valence-electron chi connectivity index (χ4n) is 3.49. The van der Waals surface area contributed by atoms with Crippen molar-refractivity contribution in [3.63, 3.8) is 0 Å². The van der Waals surface area contributed by atoms with E-state index >= 15 is 0 Å². The lowest BCUT2D eigenvalue weighted by Crippen LogP contribution is -2.27. The van der Waals surface area contributed by atoms with Crippen molar-refractivity contribution in [3.8, 4) is 5.75 Å². The highest BCUT2D eigenvalue weighted by Crippen LogP contribution is 2.26. The number of halogens is 3. The molecule has 0 saturated carbocycles. The first kappa shape index (κ1) is 20.2. The van der Waals surface area contributed by atoms with Crippen molar-refractivity contribution < 1.29 is 27.4 Å². The summed E-state index contributed by atoms with van der Waals surface area (Å²) in [4.78, 5) is 12.2. The molecule has 0 heterocycles. The van der Waals surface area contributed by atoms with E-state index in [1.807, 2.05) is 6.07 Å². The van der Waals surface area contributed by atoms with Crippen LogP contribution in [0.1, 0.15) is 33.5 Å². The Morgan fingerprint density at radius 1 is 1.18 bits per heavy atom. The Morgan fingerprint density at radius 3 is 2.61 bits per heavy atom. The van der Waals surface area contributed by atoms with Crippen LogP contribution in [0, 0.1) is 0 Å². The van der Waals surface area contributed by atoms with E-state index in [1.165, 1.54) is 28.8 Å². The summed E-state index contributed by atoms with van der Waals surface area (Å²) in [6.07, 6.45) is -0.976. The Morgan fingerprint density at radius 2 is 1.93 bits per heavy atom. The third-order valence-electron chi connectivity index (χ3n) is 4.90. The number of carbonyl (C=O) groups excluding carboxylic acids is 1. The maximum absolute atomic E-state index is 12.2. The zero-order valence-corrected chi connectivity index (χ0v) is 15.5. The van der Waals surface area contributed by atoms with E-state index in [9.17, 15) is 18.0 Å². The van der Waals surface area contributed by atoms with Gasteiger partial charge in [0.2, 0.25) is 0 Å². The van der Waals surface area contributed by atoms with Crippen LogP contribution in [0.2, 0.25) is 0 Å². The van der Waals surface area contributed by atoms with E-state index in [1.54, 1.807) is 7.11 Å². The van der Waals surface area contributed by atoms with E-state index < -0.39 is 6.36 Å². The van der Waals surface area contributed by atoms with Crippen molar-refractivity contribution in [3.05, 3.63) is 64.7 Å². The molecule has 0 bridgehead atoms. The summed E-state index contributed by atoms with van der Waals surface area (Å²) < 4.78 is 45.9. The molecular weight excluding hydrogens is 371 g/mol. The zero-order valence-electron chi connectivity index (χ0n) is 15.5. The van der Waals surface area contributed by atoms with Crippen LogP contribution in [0.5, 0.6) is 5.75 Å². The van der Waals surface area contributed by atoms with Crippen LogP contribution in [0.15, 0.2) is 42.5 Å². The molecule has 1 aliphatic rings. The highest BCUT2D eigenvalue weighted by atomic mass is 19.4. The summed E-state index contributed by atoms with van der Waals surface area (Å²) in [5.74, 6) is -0.689. The van der Waals surface area contributed by atoms with Crippen LogP contribution in [-0.2, 0) is 24.0 Å². The number of hydrogen-bond acceptors (Lipinski definition) is 3. The first-order chi connectivity index (χ1) is 13.4. The number of ether oxygens (including phenoxy) is 2. The number of fused-ring (bicyclic) bond motifs is 1. The van der Waals surface area contributed by atoms with Crippen molar-refractivity contribution in [2.24, 2.45) is 0 Å². The van der Waals surface area contributed by atoms with Crippen LogP contribution < -0.4 is 10.1 Å². The fourth-order valence-corrected chi connectivity index (χ4v) is 3.49. The number of benzene rings is 2. The minimum Gasteiger partial charge on any atom is -0.406 e. The molecule has 1 unspecified atom stereocenters. The second kappa shape index (κ2) is 8.65. The number of rotatable bonds is 6. The lowest BCUT2D eigenvalue weighted by molar-refractivity contribution is -0.274. The van der Waals surface area contributed by atoms with Crippen molar-refractivity contribution in [2.45, 2.75) is 38.1 Å². The first-order valence-corrected chi connectivity index (χ1v) is 9.12. The van der Waals surface area contributed by atoms with Gasteiger partial charge < -0.3 is 14.8 Å². The Balaban J connectivity index is 1.56. The molecule has 0 radical (unpaired) electrons. The van der Waals surface area contributed by atoms with E-state index in [0.717, 1.165) is 31.4 Å². The Labute approximate surface area is 161 Å². The Hall–Kier alpha value is -2.54. The fraction of sp³-hybridized carbons (Fsp3) is 0.381. The normalized spacial score (nSPS) is 16.4. The number of amides is 1.